The standard InChI is InChI=1S/C16H18N2O2S/c1-2-20-16(19)13-15(18-10-6-7-11-18)21-14(17-13)12-8-4-3-5-9-12/h3-5,8-9H,2,6-7,10-11H2,1H3. The van der Waals surface area contributed by atoms with Gasteiger partial charge in [0.25, 0.3) is 0 Å². The van der Waals surface area contributed by atoms with Crippen molar-refractivity contribution in [2.24, 2.45) is 0 Å². The summed E-state index contributed by atoms with van der Waals surface area (Å²) in [6.07, 6.45) is 2.33. The quantitative estimate of drug-likeness (QED) is 0.810. The van der Waals surface area contributed by atoms with Crippen LogP contribution in [0.25, 0.3) is 10.6 Å². The van der Waals surface area contributed by atoms with Crippen LogP contribution in [0.2, 0.25) is 0 Å². The summed E-state index contributed by atoms with van der Waals surface area (Å²) in [6, 6.07) is 9.97. The van der Waals surface area contributed by atoms with Crippen LogP contribution in [-0.4, -0.2) is 30.6 Å². The molecule has 5 heteroatoms. The van der Waals surface area contributed by atoms with E-state index < -0.39 is 0 Å². The molecule has 1 aromatic heterocycles. The lowest BCUT2D eigenvalue weighted by Crippen LogP contribution is -2.20. The molecule has 21 heavy (non-hydrogen) atoms. The first-order chi connectivity index (χ1) is 10.3. The highest BCUT2D eigenvalue weighted by Crippen LogP contribution is 2.36. The third kappa shape index (κ3) is 2.93. The Morgan fingerprint density at radius 1 is 1.29 bits per heavy atom. The fourth-order valence-corrected chi connectivity index (χ4v) is 3.59. The van der Waals surface area contributed by atoms with E-state index in [1.807, 2.05) is 37.3 Å². The number of thiazole rings is 1. The van der Waals surface area contributed by atoms with Crippen LogP contribution in [0, 0.1) is 0 Å². The Morgan fingerprint density at radius 3 is 2.67 bits per heavy atom. The summed E-state index contributed by atoms with van der Waals surface area (Å²) in [5.41, 5.74) is 1.50. The minimum atomic E-state index is -0.321. The first-order valence-electron chi connectivity index (χ1n) is 7.28. The van der Waals surface area contributed by atoms with Crippen LogP contribution in [0.1, 0.15) is 30.3 Å². The summed E-state index contributed by atoms with van der Waals surface area (Å²) in [5, 5.41) is 1.82. The number of carbonyl (C=O) groups is 1. The molecule has 1 saturated heterocycles. The van der Waals surface area contributed by atoms with Gasteiger partial charge < -0.3 is 9.64 Å². The van der Waals surface area contributed by atoms with Crippen molar-refractivity contribution in [2.75, 3.05) is 24.6 Å². The van der Waals surface area contributed by atoms with Crippen LogP contribution in [0.3, 0.4) is 0 Å². The molecule has 0 amide bonds. The molecule has 0 N–H and O–H groups in total. The Hall–Kier alpha value is -1.88. The van der Waals surface area contributed by atoms with E-state index in [-0.39, 0.29) is 5.97 Å². The molecule has 3 rings (SSSR count). The highest BCUT2D eigenvalue weighted by atomic mass is 32.1. The van der Waals surface area contributed by atoms with E-state index in [0.29, 0.717) is 12.3 Å². The molecule has 0 bridgehead atoms. The van der Waals surface area contributed by atoms with Gasteiger partial charge in [0.2, 0.25) is 0 Å². The molecule has 4 nitrogen and oxygen atoms in total. The highest BCUT2D eigenvalue weighted by molar-refractivity contribution is 7.19. The SMILES string of the molecule is CCOC(=O)c1nc(-c2ccccc2)sc1N1CCCC1. The van der Waals surface area contributed by atoms with Gasteiger partial charge in [0.05, 0.1) is 6.61 Å². The zero-order chi connectivity index (χ0) is 14.7. The Bertz CT molecular complexity index is 618. The predicted molar refractivity (Wildman–Crippen MR) is 85.0 cm³/mol. The number of anilines is 1. The van der Waals surface area contributed by atoms with E-state index in [4.69, 9.17) is 4.74 Å². The Kier molecular flexibility index (Phi) is 4.20. The lowest BCUT2D eigenvalue weighted by Gasteiger charge is -2.15. The number of rotatable bonds is 4. The summed E-state index contributed by atoms with van der Waals surface area (Å²) in [5.74, 6) is -0.321. The number of ether oxygens (including phenoxy) is 1. The molecule has 1 aliphatic rings. The van der Waals surface area contributed by atoms with Gasteiger partial charge in [-0.3, -0.25) is 0 Å². The van der Waals surface area contributed by atoms with Crippen LogP contribution in [0.5, 0.6) is 0 Å². The van der Waals surface area contributed by atoms with Crippen molar-refractivity contribution in [3.63, 3.8) is 0 Å². The first-order valence-corrected chi connectivity index (χ1v) is 8.09. The van der Waals surface area contributed by atoms with Gasteiger partial charge in [-0.2, -0.15) is 0 Å². The van der Waals surface area contributed by atoms with Crippen molar-refractivity contribution >= 4 is 22.3 Å². The average molecular weight is 302 g/mol. The number of aromatic nitrogens is 1. The molecule has 0 spiro atoms. The monoisotopic (exact) mass is 302 g/mol. The summed E-state index contributed by atoms with van der Waals surface area (Å²) < 4.78 is 5.16. The Labute approximate surface area is 128 Å². The summed E-state index contributed by atoms with van der Waals surface area (Å²) in [7, 11) is 0. The van der Waals surface area contributed by atoms with Crippen LogP contribution in [0.4, 0.5) is 5.00 Å². The molecular formula is C16H18N2O2S. The van der Waals surface area contributed by atoms with E-state index in [0.717, 1.165) is 28.7 Å². The second-order valence-corrected chi connectivity index (χ2v) is 5.93. The van der Waals surface area contributed by atoms with Crippen molar-refractivity contribution in [3.8, 4) is 10.6 Å². The second kappa shape index (κ2) is 6.26. The van der Waals surface area contributed by atoms with Crippen LogP contribution in [0.15, 0.2) is 30.3 Å². The number of nitrogens with zero attached hydrogens (tertiary/aromatic N) is 2. The number of carbonyl (C=O) groups excluding carboxylic acids is 1. The zero-order valence-corrected chi connectivity index (χ0v) is 12.9. The van der Waals surface area contributed by atoms with Gasteiger partial charge >= 0.3 is 5.97 Å². The largest absolute Gasteiger partial charge is 0.461 e. The number of esters is 1. The molecule has 1 aliphatic heterocycles. The lowest BCUT2D eigenvalue weighted by molar-refractivity contribution is 0.0521. The lowest BCUT2D eigenvalue weighted by atomic mass is 10.2. The first kappa shape index (κ1) is 14.1. The third-order valence-electron chi connectivity index (χ3n) is 3.49. The van der Waals surface area contributed by atoms with E-state index in [2.05, 4.69) is 9.88 Å². The number of hydrogen-bond acceptors (Lipinski definition) is 5. The number of hydrogen-bond donors (Lipinski definition) is 0. The molecule has 0 saturated carbocycles. The Balaban J connectivity index is 2.00. The van der Waals surface area contributed by atoms with Crippen LogP contribution >= 0.6 is 11.3 Å². The Morgan fingerprint density at radius 2 is 2.00 bits per heavy atom. The minimum Gasteiger partial charge on any atom is -0.461 e. The third-order valence-corrected chi connectivity index (χ3v) is 4.66. The number of benzene rings is 1. The molecule has 0 atom stereocenters. The second-order valence-electron chi connectivity index (χ2n) is 4.95. The smallest absolute Gasteiger partial charge is 0.360 e. The summed E-state index contributed by atoms with van der Waals surface area (Å²) >= 11 is 1.58. The predicted octanol–water partition coefficient (Wildman–Crippen LogP) is 3.59. The van der Waals surface area contributed by atoms with Gasteiger partial charge in [0.15, 0.2) is 5.69 Å². The van der Waals surface area contributed by atoms with E-state index in [1.165, 1.54) is 12.8 Å². The van der Waals surface area contributed by atoms with Gasteiger partial charge in [0.1, 0.15) is 10.0 Å². The van der Waals surface area contributed by atoms with Crippen molar-refractivity contribution < 1.29 is 9.53 Å². The molecule has 0 unspecified atom stereocenters. The molecule has 2 aromatic rings. The molecule has 1 aromatic carbocycles. The zero-order valence-electron chi connectivity index (χ0n) is 12.0. The normalized spacial score (nSPS) is 14.4. The van der Waals surface area contributed by atoms with Gasteiger partial charge in [-0.05, 0) is 19.8 Å². The van der Waals surface area contributed by atoms with Gasteiger partial charge in [-0.1, -0.05) is 41.7 Å². The van der Waals surface area contributed by atoms with E-state index >= 15 is 0 Å². The van der Waals surface area contributed by atoms with Gasteiger partial charge in [-0.25, -0.2) is 9.78 Å². The fourth-order valence-electron chi connectivity index (χ4n) is 2.48. The maximum atomic E-state index is 12.2. The van der Waals surface area contributed by atoms with E-state index in [1.54, 1.807) is 11.3 Å². The fraction of sp³-hybridized carbons (Fsp3) is 0.375. The molecular weight excluding hydrogens is 284 g/mol. The minimum absolute atomic E-state index is 0.321. The molecule has 0 radical (unpaired) electrons. The topological polar surface area (TPSA) is 42.4 Å². The highest BCUT2D eigenvalue weighted by Gasteiger charge is 2.25. The van der Waals surface area contributed by atoms with Crippen LogP contribution in [-0.2, 0) is 4.74 Å². The molecule has 110 valence electrons. The molecule has 2 heterocycles. The van der Waals surface area contributed by atoms with Gasteiger partial charge in [0, 0.05) is 18.7 Å². The van der Waals surface area contributed by atoms with Crippen molar-refractivity contribution in [1.29, 1.82) is 0 Å². The molecule has 1 fully saturated rings. The maximum absolute atomic E-state index is 12.2. The molecule has 0 aliphatic carbocycles. The average Bonchev–Trinajstić information content (AvgIpc) is 3.17. The van der Waals surface area contributed by atoms with E-state index in [9.17, 15) is 4.79 Å². The van der Waals surface area contributed by atoms with Crippen molar-refractivity contribution in [3.05, 3.63) is 36.0 Å². The van der Waals surface area contributed by atoms with Crippen molar-refractivity contribution in [2.45, 2.75) is 19.8 Å². The summed E-state index contributed by atoms with van der Waals surface area (Å²) in [6.45, 7) is 4.17. The van der Waals surface area contributed by atoms with Crippen LogP contribution < -0.4 is 4.90 Å². The van der Waals surface area contributed by atoms with Gasteiger partial charge in [-0.15, -0.1) is 0 Å². The summed E-state index contributed by atoms with van der Waals surface area (Å²) in [4.78, 5) is 19.0. The maximum Gasteiger partial charge on any atom is 0.360 e. The van der Waals surface area contributed by atoms with Crippen molar-refractivity contribution in [1.82, 2.24) is 4.98 Å².